The van der Waals surface area contributed by atoms with Gasteiger partial charge >= 0.3 is 0 Å². The Hall–Kier alpha value is -6.94. The highest BCUT2D eigenvalue weighted by atomic mass is 32.1. The first-order chi connectivity index (χ1) is 28.1. The molecule has 1 aromatic heterocycles. The number of fused-ring (bicyclic) bond motifs is 8. The van der Waals surface area contributed by atoms with Crippen molar-refractivity contribution in [2.24, 2.45) is 0 Å². The summed E-state index contributed by atoms with van der Waals surface area (Å²) in [7, 11) is 0. The summed E-state index contributed by atoms with van der Waals surface area (Å²) >= 11 is 1.92. The van der Waals surface area contributed by atoms with E-state index in [1.165, 1.54) is 97.1 Å². The van der Waals surface area contributed by atoms with Crippen molar-refractivity contribution in [1.82, 2.24) is 0 Å². The van der Waals surface area contributed by atoms with Gasteiger partial charge in [-0.15, -0.1) is 11.3 Å². The number of hydrogen-bond acceptors (Lipinski definition) is 3. The number of hydrogen-bond donors (Lipinski definition) is 0. The minimum atomic E-state index is 1.14. The van der Waals surface area contributed by atoms with E-state index in [1.807, 2.05) is 11.3 Å². The number of nitrogens with zero attached hydrogens (tertiary/aromatic N) is 2. The van der Waals surface area contributed by atoms with E-state index in [2.05, 4.69) is 218 Å². The Balaban J connectivity index is 1.26. The number of rotatable bonds is 6. The Kier molecular flexibility index (Phi) is 7.84. The molecule has 0 aliphatic carbocycles. The lowest BCUT2D eigenvalue weighted by molar-refractivity contribution is 1.27. The zero-order valence-electron chi connectivity index (χ0n) is 31.8. The van der Waals surface area contributed by atoms with Crippen molar-refractivity contribution in [1.29, 1.82) is 0 Å². The molecule has 2 nitrogen and oxygen atoms in total. The Bertz CT molecular complexity index is 3360. The van der Waals surface area contributed by atoms with E-state index in [9.17, 15) is 0 Å². The standard InChI is InChI=1S/C54H38N2S/c1-35-15-3-13-25-49(35)55(42-29-27-37-17-5-7-19-39(37)31-42)51-34-48-47-33-41-21-9-10-22-44(41)52(54(47)57-53(48)46-24-12-11-23-45(46)51)56(50-26-14-4-16-36(50)2)43-30-28-38-18-6-8-20-40(38)32-43/h3-34H,1-2H3. The summed E-state index contributed by atoms with van der Waals surface area (Å²) in [5.74, 6) is 0. The summed E-state index contributed by atoms with van der Waals surface area (Å²) in [5, 5.41) is 12.4. The van der Waals surface area contributed by atoms with Crippen LogP contribution in [0.4, 0.5) is 34.1 Å². The van der Waals surface area contributed by atoms with Crippen LogP contribution in [0.1, 0.15) is 11.1 Å². The molecule has 0 spiro atoms. The SMILES string of the molecule is Cc1ccccc1N(c1ccc2ccccc2c1)c1cc2c3cc4ccccc4c(N(c4ccc5ccccc5c4)c4ccccc4C)c3sc2c2ccccc12. The van der Waals surface area contributed by atoms with Crippen molar-refractivity contribution in [2.45, 2.75) is 13.8 Å². The predicted octanol–water partition coefficient (Wildman–Crippen LogP) is 16.2. The van der Waals surface area contributed by atoms with Crippen LogP contribution in [-0.2, 0) is 0 Å². The molecule has 0 fully saturated rings. The lowest BCUT2D eigenvalue weighted by Crippen LogP contribution is -2.12. The molecule has 0 amide bonds. The van der Waals surface area contributed by atoms with Crippen LogP contribution >= 0.6 is 11.3 Å². The Morgan fingerprint density at radius 3 is 1.42 bits per heavy atom. The molecule has 10 aromatic carbocycles. The number of benzene rings is 10. The van der Waals surface area contributed by atoms with E-state index in [1.54, 1.807) is 0 Å². The van der Waals surface area contributed by atoms with E-state index < -0.39 is 0 Å². The number of anilines is 6. The summed E-state index contributed by atoms with van der Waals surface area (Å²) in [6.07, 6.45) is 0. The lowest BCUT2D eigenvalue weighted by Gasteiger charge is -2.29. The van der Waals surface area contributed by atoms with Gasteiger partial charge in [0.2, 0.25) is 0 Å². The fourth-order valence-corrected chi connectivity index (χ4v) is 10.2. The Morgan fingerprint density at radius 1 is 0.316 bits per heavy atom. The highest BCUT2D eigenvalue weighted by Gasteiger charge is 2.25. The highest BCUT2D eigenvalue weighted by Crippen LogP contribution is 2.53. The molecule has 0 aliphatic rings. The Morgan fingerprint density at radius 2 is 0.789 bits per heavy atom. The summed E-state index contributed by atoms with van der Waals surface area (Å²) < 4.78 is 2.57. The average Bonchev–Trinajstić information content (AvgIpc) is 3.63. The smallest absolute Gasteiger partial charge is 0.0718 e. The zero-order chi connectivity index (χ0) is 38.0. The van der Waals surface area contributed by atoms with E-state index in [0.717, 1.165) is 11.4 Å². The lowest BCUT2D eigenvalue weighted by atomic mass is 9.98. The van der Waals surface area contributed by atoms with Crippen LogP contribution in [-0.4, -0.2) is 0 Å². The maximum Gasteiger partial charge on any atom is 0.0718 e. The minimum absolute atomic E-state index is 1.14. The van der Waals surface area contributed by atoms with Crippen LogP contribution in [0.5, 0.6) is 0 Å². The van der Waals surface area contributed by atoms with Gasteiger partial charge in [-0.3, -0.25) is 0 Å². The second-order valence-corrected chi connectivity index (χ2v) is 16.1. The quantitative estimate of drug-likeness (QED) is 0.167. The number of aryl methyl sites for hydroxylation is 2. The molecule has 0 N–H and O–H groups in total. The molecule has 270 valence electrons. The molecule has 0 radical (unpaired) electrons. The van der Waals surface area contributed by atoms with E-state index >= 15 is 0 Å². The third kappa shape index (κ3) is 5.46. The predicted molar refractivity (Wildman–Crippen MR) is 248 cm³/mol. The fraction of sp³-hybridized carbons (Fsp3) is 0.0370. The van der Waals surface area contributed by atoms with Crippen molar-refractivity contribution in [3.8, 4) is 0 Å². The van der Waals surface area contributed by atoms with Crippen molar-refractivity contribution >= 4 is 109 Å². The van der Waals surface area contributed by atoms with Gasteiger partial charge in [-0.05, 0) is 100 Å². The molecule has 0 unspecified atom stereocenters. The van der Waals surface area contributed by atoms with Crippen molar-refractivity contribution in [3.05, 3.63) is 205 Å². The van der Waals surface area contributed by atoms with Crippen molar-refractivity contribution in [2.75, 3.05) is 9.80 Å². The molecule has 0 aliphatic heterocycles. The van der Waals surface area contributed by atoms with Crippen LogP contribution < -0.4 is 9.80 Å². The molecule has 1 heterocycles. The van der Waals surface area contributed by atoms with Crippen molar-refractivity contribution < 1.29 is 0 Å². The maximum atomic E-state index is 2.51. The summed E-state index contributed by atoms with van der Waals surface area (Å²) in [6, 6.07) is 71.4. The summed E-state index contributed by atoms with van der Waals surface area (Å²) in [4.78, 5) is 4.99. The first-order valence-corrected chi connectivity index (χ1v) is 20.4. The Labute approximate surface area is 336 Å². The zero-order valence-corrected chi connectivity index (χ0v) is 32.6. The van der Waals surface area contributed by atoms with E-state index in [-0.39, 0.29) is 0 Å². The molecule has 0 saturated heterocycles. The van der Waals surface area contributed by atoms with Gasteiger partial charge in [0.25, 0.3) is 0 Å². The molecule has 0 saturated carbocycles. The van der Waals surface area contributed by atoms with Crippen LogP contribution in [0.15, 0.2) is 194 Å². The topological polar surface area (TPSA) is 6.48 Å². The van der Waals surface area contributed by atoms with E-state index in [4.69, 9.17) is 0 Å². The fourth-order valence-electron chi connectivity index (χ4n) is 8.82. The van der Waals surface area contributed by atoms with Gasteiger partial charge < -0.3 is 9.80 Å². The molecule has 3 heteroatoms. The molecular weight excluding hydrogens is 709 g/mol. The second kappa shape index (κ2) is 13.4. The highest BCUT2D eigenvalue weighted by molar-refractivity contribution is 7.27. The average molecular weight is 747 g/mol. The van der Waals surface area contributed by atoms with Crippen LogP contribution in [0.2, 0.25) is 0 Å². The van der Waals surface area contributed by atoms with E-state index in [0.29, 0.717) is 0 Å². The van der Waals surface area contributed by atoms with Gasteiger partial charge in [-0.1, -0.05) is 146 Å². The summed E-state index contributed by atoms with van der Waals surface area (Å²) in [6.45, 7) is 4.44. The van der Waals surface area contributed by atoms with Gasteiger partial charge in [0.15, 0.2) is 0 Å². The maximum absolute atomic E-state index is 2.51. The molecule has 0 bridgehead atoms. The van der Waals surface area contributed by atoms with Gasteiger partial charge in [0, 0.05) is 54.4 Å². The number of para-hydroxylation sites is 2. The van der Waals surface area contributed by atoms with Gasteiger partial charge in [-0.2, -0.15) is 0 Å². The third-order valence-electron chi connectivity index (χ3n) is 11.6. The largest absolute Gasteiger partial charge is 0.310 e. The van der Waals surface area contributed by atoms with Gasteiger partial charge in [-0.25, -0.2) is 0 Å². The van der Waals surface area contributed by atoms with Gasteiger partial charge in [0.05, 0.1) is 16.1 Å². The molecule has 0 atom stereocenters. The summed E-state index contributed by atoms with van der Waals surface area (Å²) in [5.41, 5.74) is 9.46. The number of thiophene rings is 1. The minimum Gasteiger partial charge on any atom is -0.310 e. The van der Waals surface area contributed by atoms with Crippen molar-refractivity contribution in [3.63, 3.8) is 0 Å². The normalized spacial score (nSPS) is 11.7. The monoisotopic (exact) mass is 746 g/mol. The van der Waals surface area contributed by atoms with Gasteiger partial charge in [0.1, 0.15) is 0 Å². The third-order valence-corrected chi connectivity index (χ3v) is 12.9. The second-order valence-electron chi connectivity index (χ2n) is 15.0. The molecule has 57 heavy (non-hydrogen) atoms. The molecular formula is C54H38N2S. The van der Waals surface area contributed by atoms with Crippen LogP contribution in [0.25, 0.3) is 63.3 Å². The first-order valence-electron chi connectivity index (χ1n) is 19.6. The first kappa shape index (κ1) is 33.4. The van der Waals surface area contributed by atoms with Crippen LogP contribution in [0.3, 0.4) is 0 Å². The molecule has 11 rings (SSSR count). The van der Waals surface area contributed by atoms with Crippen LogP contribution in [0, 0.1) is 13.8 Å². The molecule has 11 aromatic rings.